The van der Waals surface area contributed by atoms with Crippen LogP contribution in [0.3, 0.4) is 0 Å². The minimum absolute atomic E-state index is 0.134. The van der Waals surface area contributed by atoms with Crippen LogP contribution in [0.2, 0.25) is 0 Å². The number of amides is 1. The number of aryl methyl sites for hydroxylation is 1. The van der Waals surface area contributed by atoms with E-state index in [-0.39, 0.29) is 5.91 Å². The van der Waals surface area contributed by atoms with Crippen molar-refractivity contribution in [3.8, 4) is 0 Å². The summed E-state index contributed by atoms with van der Waals surface area (Å²) in [5.41, 5.74) is 2.60. The van der Waals surface area contributed by atoms with Gasteiger partial charge in [0, 0.05) is 12.6 Å². The summed E-state index contributed by atoms with van der Waals surface area (Å²) in [6, 6.07) is 0.413. The van der Waals surface area contributed by atoms with Crippen LogP contribution in [0.25, 0.3) is 0 Å². The summed E-state index contributed by atoms with van der Waals surface area (Å²) < 4.78 is 0. The number of rotatable bonds is 5. The zero-order valence-electron chi connectivity index (χ0n) is 11.0. The van der Waals surface area contributed by atoms with Crippen LogP contribution in [0.5, 0.6) is 0 Å². The fraction of sp³-hybridized carbons (Fsp3) is 0.643. The SMILES string of the molecule is Cc1cscc1CNCC(=O)NC1CCCCC1. The maximum atomic E-state index is 11.8. The first-order valence-electron chi connectivity index (χ1n) is 6.77. The van der Waals surface area contributed by atoms with Gasteiger partial charge in [-0.1, -0.05) is 19.3 Å². The molecule has 0 aliphatic heterocycles. The molecule has 0 unspecified atom stereocenters. The van der Waals surface area contributed by atoms with Crippen molar-refractivity contribution in [1.29, 1.82) is 0 Å². The predicted octanol–water partition coefficient (Wildman–Crippen LogP) is 2.60. The van der Waals surface area contributed by atoms with Crippen molar-refractivity contribution in [3.05, 3.63) is 21.9 Å². The highest BCUT2D eigenvalue weighted by Gasteiger charge is 2.15. The molecule has 1 aromatic rings. The highest BCUT2D eigenvalue weighted by atomic mass is 32.1. The Bertz CT molecular complexity index is 383. The largest absolute Gasteiger partial charge is 0.352 e. The molecule has 1 heterocycles. The van der Waals surface area contributed by atoms with E-state index in [2.05, 4.69) is 28.3 Å². The Balaban J connectivity index is 1.64. The molecule has 0 bridgehead atoms. The summed E-state index contributed by atoms with van der Waals surface area (Å²) in [6.45, 7) is 3.31. The van der Waals surface area contributed by atoms with Crippen molar-refractivity contribution in [3.63, 3.8) is 0 Å². The fourth-order valence-electron chi connectivity index (χ4n) is 2.40. The van der Waals surface area contributed by atoms with Crippen molar-refractivity contribution in [2.45, 2.75) is 51.6 Å². The first-order valence-corrected chi connectivity index (χ1v) is 7.72. The van der Waals surface area contributed by atoms with Crippen molar-refractivity contribution in [2.75, 3.05) is 6.54 Å². The normalized spacial score (nSPS) is 16.7. The molecule has 2 N–H and O–H groups in total. The number of carbonyl (C=O) groups excluding carboxylic acids is 1. The quantitative estimate of drug-likeness (QED) is 0.860. The summed E-state index contributed by atoms with van der Waals surface area (Å²) in [7, 11) is 0. The van der Waals surface area contributed by atoms with Crippen LogP contribution >= 0.6 is 11.3 Å². The van der Waals surface area contributed by atoms with E-state index in [1.165, 1.54) is 30.4 Å². The van der Waals surface area contributed by atoms with Gasteiger partial charge in [-0.05, 0) is 41.7 Å². The van der Waals surface area contributed by atoms with Crippen LogP contribution in [0.15, 0.2) is 10.8 Å². The Morgan fingerprint density at radius 3 is 2.78 bits per heavy atom. The maximum absolute atomic E-state index is 11.8. The molecular formula is C14H22N2OS. The average molecular weight is 266 g/mol. The molecule has 100 valence electrons. The smallest absolute Gasteiger partial charge is 0.234 e. The number of hydrogen-bond acceptors (Lipinski definition) is 3. The lowest BCUT2D eigenvalue weighted by molar-refractivity contribution is -0.121. The number of nitrogens with one attached hydrogen (secondary N) is 2. The molecule has 4 heteroatoms. The van der Waals surface area contributed by atoms with Gasteiger partial charge in [0.15, 0.2) is 0 Å². The summed E-state index contributed by atoms with van der Waals surface area (Å²) >= 11 is 1.71. The lowest BCUT2D eigenvalue weighted by Gasteiger charge is -2.22. The molecule has 0 saturated heterocycles. The predicted molar refractivity (Wildman–Crippen MR) is 75.8 cm³/mol. The molecule has 18 heavy (non-hydrogen) atoms. The Morgan fingerprint density at radius 2 is 2.11 bits per heavy atom. The third kappa shape index (κ3) is 4.10. The summed E-state index contributed by atoms with van der Waals surface area (Å²) in [5, 5.41) is 10.6. The van der Waals surface area contributed by atoms with Gasteiger partial charge in [-0.25, -0.2) is 0 Å². The maximum Gasteiger partial charge on any atom is 0.234 e. The van der Waals surface area contributed by atoms with Gasteiger partial charge in [-0.3, -0.25) is 4.79 Å². The minimum Gasteiger partial charge on any atom is -0.352 e. The standard InChI is InChI=1S/C14H22N2OS/c1-11-9-18-10-12(11)7-15-8-14(17)16-13-5-3-2-4-6-13/h9-10,13,15H,2-8H2,1H3,(H,16,17). The van der Waals surface area contributed by atoms with Crippen molar-refractivity contribution in [1.82, 2.24) is 10.6 Å². The highest BCUT2D eigenvalue weighted by Crippen LogP contribution is 2.17. The first kappa shape index (κ1) is 13.6. The van der Waals surface area contributed by atoms with Crippen LogP contribution < -0.4 is 10.6 Å². The van der Waals surface area contributed by atoms with E-state index >= 15 is 0 Å². The molecule has 1 amide bonds. The third-order valence-electron chi connectivity index (χ3n) is 3.53. The van der Waals surface area contributed by atoms with E-state index in [1.54, 1.807) is 11.3 Å². The first-order chi connectivity index (χ1) is 8.75. The second kappa shape index (κ2) is 6.90. The number of carbonyl (C=O) groups is 1. The highest BCUT2D eigenvalue weighted by molar-refractivity contribution is 7.08. The van der Waals surface area contributed by atoms with Crippen molar-refractivity contribution >= 4 is 17.2 Å². The molecule has 0 atom stereocenters. The lowest BCUT2D eigenvalue weighted by Crippen LogP contribution is -2.41. The van der Waals surface area contributed by atoms with Crippen molar-refractivity contribution in [2.24, 2.45) is 0 Å². The van der Waals surface area contributed by atoms with Crippen LogP contribution in [-0.2, 0) is 11.3 Å². The van der Waals surface area contributed by atoms with E-state index in [0.717, 1.165) is 19.4 Å². The van der Waals surface area contributed by atoms with Gasteiger partial charge in [0.25, 0.3) is 0 Å². The monoisotopic (exact) mass is 266 g/mol. The molecule has 1 aromatic heterocycles. The Kier molecular flexibility index (Phi) is 5.20. The average Bonchev–Trinajstić information content (AvgIpc) is 2.76. The molecule has 3 nitrogen and oxygen atoms in total. The zero-order chi connectivity index (χ0) is 12.8. The molecule has 1 fully saturated rings. The Hall–Kier alpha value is -0.870. The second-order valence-electron chi connectivity index (χ2n) is 5.09. The van der Waals surface area contributed by atoms with Gasteiger partial charge in [0.05, 0.1) is 6.54 Å². The van der Waals surface area contributed by atoms with E-state index in [4.69, 9.17) is 0 Å². The van der Waals surface area contributed by atoms with Crippen LogP contribution in [0.1, 0.15) is 43.2 Å². The van der Waals surface area contributed by atoms with E-state index in [1.807, 2.05) is 0 Å². The molecule has 0 radical (unpaired) electrons. The molecule has 1 aliphatic rings. The van der Waals surface area contributed by atoms with Crippen molar-refractivity contribution < 1.29 is 4.79 Å². The van der Waals surface area contributed by atoms with Gasteiger partial charge in [0.1, 0.15) is 0 Å². The molecule has 2 rings (SSSR count). The van der Waals surface area contributed by atoms with Gasteiger partial charge < -0.3 is 10.6 Å². The summed E-state index contributed by atoms with van der Waals surface area (Å²) in [6.07, 6.45) is 6.13. The topological polar surface area (TPSA) is 41.1 Å². The number of thiophene rings is 1. The Labute approximate surface area is 113 Å². The fourth-order valence-corrected chi connectivity index (χ4v) is 3.26. The summed E-state index contributed by atoms with van der Waals surface area (Å²) in [5.74, 6) is 0.134. The van der Waals surface area contributed by atoms with E-state index in [9.17, 15) is 4.79 Å². The van der Waals surface area contributed by atoms with Gasteiger partial charge in [0.2, 0.25) is 5.91 Å². The molecule has 1 aliphatic carbocycles. The lowest BCUT2D eigenvalue weighted by atomic mass is 9.95. The van der Waals surface area contributed by atoms with Gasteiger partial charge in [-0.15, -0.1) is 0 Å². The molecular weight excluding hydrogens is 244 g/mol. The molecule has 0 spiro atoms. The summed E-state index contributed by atoms with van der Waals surface area (Å²) in [4.78, 5) is 11.8. The van der Waals surface area contributed by atoms with Crippen LogP contribution in [-0.4, -0.2) is 18.5 Å². The van der Waals surface area contributed by atoms with Crippen LogP contribution in [0, 0.1) is 6.92 Å². The third-order valence-corrected chi connectivity index (χ3v) is 4.44. The van der Waals surface area contributed by atoms with Gasteiger partial charge in [-0.2, -0.15) is 11.3 Å². The zero-order valence-corrected chi connectivity index (χ0v) is 11.8. The van der Waals surface area contributed by atoms with E-state index in [0.29, 0.717) is 12.6 Å². The molecule has 1 saturated carbocycles. The van der Waals surface area contributed by atoms with Gasteiger partial charge >= 0.3 is 0 Å². The van der Waals surface area contributed by atoms with E-state index < -0.39 is 0 Å². The number of hydrogen-bond donors (Lipinski definition) is 2. The Morgan fingerprint density at radius 1 is 1.33 bits per heavy atom. The van der Waals surface area contributed by atoms with Crippen LogP contribution in [0.4, 0.5) is 0 Å². The second-order valence-corrected chi connectivity index (χ2v) is 5.83. The molecule has 0 aromatic carbocycles. The minimum atomic E-state index is 0.134.